The second-order valence-electron chi connectivity index (χ2n) is 4.65. The summed E-state index contributed by atoms with van der Waals surface area (Å²) in [6.45, 7) is 0.175. The van der Waals surface area contributed by atoms with Gasteiger partial charge < -0.3 is 19.7 Å². The van der Waals surface area contributed by atoms with Gasteiger partial charge >= 0.3 is 0 Å². The molecule has 0 bridgehead atoms. The third-order valence-electron chi connectivity index (χ3n) is 2.96. The Kier molecular flexibility index (Phi) is 5.73. The zero-order valence-corrected chi connectivity index (χ0v) is 12.1. The van der Waals surface area contributed by atoms with E-state index in [1.807, 2.05) is 18.2 Å². The average molecular weight is 302 g/mol. The molecular weight excluding hydrogens is 284 g/mol. The summed E-state index contributed by atoms with van der Waals surface area (Å²) in [7, 11) is 0. The van der Waals surface area contributed by atoms with Gasteiger partial charge in [0.25, 0.3) is 11.5 Å². The Labute approximate surface area is 128 Å². The maximum Gasteiger partial charge on any atom is 0.292 e. The smallest absolute Gasteiger partial charge is 0.292 e. The molecule has 1 aromatic heterocycles. The van der Waals surface area contributed by atoms with E-state index in [2.05, 4.69) is 5.32 Å². The van der Waals surface area contributed by atoms with Gasteiger partial charge in [-0.25, -0.2) is 0 Å². The summed E-state index contributed by atoms with van der Waals surface area (Å²) < 4.78 is 6.73. The largest absolute Gasteiger partial charge is 0.478 e. The lowest BCUT2D eigenvalue weighted by molar-refractivity contribution is -0.118. The van der Waals surface area contributed by atoms with Crippen molar-refractivity contribution < 1.29 is 14.6 Å². The second kappa shape index (κ2) is 7.99. The van der Waals surface area contributed by atoms with Crippen LogP contribution in [0.1, 0.15) is 6.42 Å². The Morgan fingerprint density at radius 2 is 1.95 bits per heavy atom. The van der Waals surface area contributed by atoms with Crippen molar-refractivity contribution in [2.75, 3.05) is 18.5 Å². The van der Waals surface area contributed by atoms with Crippen LogP contribution in [0, 0.1) is 0 Å². The van der Waals surface area contributed by atoms with Crippen LogP contribution in [-0.2, 0) is 11.3 Å². The van der Waals surface area contributed by atoms with Gasteiger partial charge in [0.15, 0.2) is 12.4 Å². The van der Waals surface area contributed by atoms with Gasteiger partial charge in [-0.2, -0.15) is 0 Å². The zero-order chi connectivity index (χ0) is 15.8. The Hall–Kier alpha value is -2.60. The average Bonchev–Trinajstić information content (AvgIpc) is 2.54. The van der Waals surface area contributed by atoms with Gasteiger partial charge in [-0.15, -0.1) is 0 Å². The number of aromatic nitrogens is 1. The molecule has 6 heteroatoms. The van der Waals surface area contributed by atoms with Crippen molar-refractivity contribution in [3.63, 3.8) is 0 Å². The van der Waals surface area contributed by atoms with Crippen LogP contribution in [0.4, 0.5) is 5.69 Å². The van der Waals surface area contributed by atoms with Crippen LogP contribution in [0.15, 0.2) is 53.5 Å². The van der Waals surface area contributed by atoms with Crippen LogP contribution >= 0.6 is 0 Å². The minimum absolute atomic E-state index is 0.0109. The van der Waals surface area contributed by atoms with Gasteiger partial charge in [0.1, 0.15) is 0 Å². The number of amides is 1. The number of hydrogen-bond donors (Lipinski definition) is 2. The number of aliphatic hydroxyl groups excluding tert-OH is 1. The van der Waals surface area contributed by atoms with E-state index >= 15 is 0 Å². The third kappa shape index (κ3) is 4.46. The lowest BCUT2D eigenvalue weighted by Gasteiger charge is -2.09. The highest BCUT2D eigenvalue weighted by atomic mass is 16.5. The molecular formula is C16H18N2O4. The minimum atomic E-state index is -0.337. The van der Waals surface area contributed by atoms with Gasteiger partial charge in [0.05, 0.1) is 0 Å². The standard InChI is InChI=1S/C16H18N2O4/c19-11-5-10-18-9-4-8-14(16(18)21)22-12-15(20)17-13-6-2-1-3-7-13/h1-4,6-9,19H,5,10-12H2,(H,17,20). The van der Waals surface area contributed by atoms with E-state index in [1.54, 1.807) is 24.4 Å². The lowest BCUT2D eigenvalue weighted by atomic mass is 10.3. The van der Waals surface area contributed by atoms with Gasteiger partial charge in [-0.1, -0.05) is 18.2 Å². The number of nitrogens with zero attached hydrogens (tertiary/aromatic N) is 1. The van der Waals surface area contributed by atoms with Crippen molar-refractivity contribution in [1.82, 2.24) is 4.57 Å². The van der Waals surface area contributed by atoms with Crippen LogP contribution in [0.25, 0.3) is 0 Å². The number of carbonyl (C=O) groups excluding carboxylic acids is 1. The first-order chi connectivity index (χ1) is 10.7. The lowest BCUT2D eigenvalue weighted by Crippen LogP contribution is -2.25. The summed E-state index contributed by atoms with van der Waals surface area (Å²) in [6, 6.07) is 12.2. The van der Waals surface area contributed by atoms with Gasteiger partial charge in [-0.05, 0) is 30.7 Å². The molecule has 0 aliphatic carbocycles. The molecule has 116 valence electrons. The van der Waals surface area contributed by atoms with Crippen LogP contribution in [-0.4, -0.2) is 28.8 Å². The molecule has 22 heavy (non-hydrogen) atoms. The molecule has 0 aliphatic heterocycles. The number of nitrogens with one attached hydrogen (secondary N) is 1. The normalized spacial score (nSPS) is 10.2. The number of benzene rings is 1. The highest BCUT2D eigenvalue weighted by molar-refractivity contribution is 5.91. The number of ether oxygens (including phenoxy) is 1. The number of hydrogen-bond acceptors (Lipinski definition) is 4. The van der Waals surface area contributed by atoms with E-state index in [0.29, 0.717) is 18.7 Å². The van der Waals surface area contributed by atoms with E-state index < -0.39 is 0 Å². The fraction of sp³-hybridized carbons (Fsp3) is 0.250. The zero-order valence-electron chi connectivity index (χ0n) is 12.1. The first-order valence-electron chi connectivity index (χ1n) is 6.98. The summed E-state index contributed by atoms with van der Waals surface area (Å²) in [5.41, 5.74) is 0.355. The summed E-state index contributed by atoms with van der Waals surface area (Å²) in [4.78, 5) is 23.8. The van der Waals surface area contributed by atoms with Crippen molar-refractivity contribution in [3.05, 3.63) is 59.0 Å². The molecule has 1 amide bonds. The van der Waals surface area contributed by atoms with Crippen molar-refractivity contribution >= 4 is 11.6 Å². The van der Waals surface area contributed by atoms with E-state index in [4.69, 9.17) is 9.84 Å². The van der Waals surface area contributed by atoms with Crippen molar-refractivity contribution in [2.45, 2.75) is 13.0 Å². The van der Waals surface area contributed by atoms with E-state index in [9.17, 15) is 9.59 Å². The Morgan fingerprint density at radius 3 is 2.68 bits per heavy atom. The number of carbonyl (C=O) groups is 1. The summed E-state index contributed by atoms with van der Waals surface area (Å²) in [5.74, 6) is -0.222. The summed E-state index contributed by atoms with van der Waals surface area (Å²) in [6.07, 6.45) is 2.10. The predicted octanol–water partition coefficient (Wildman–Crippen LogP) is 1.25. The molecule has 0 unspecified atom stereocenters. The van der Waals surface area contributed by atoms with Crippen LogP contribution in [0.3, 0.4) is 0 Å². The molecule has 0 radical (unpaired) electrons. The highest BCUT2D eigenvalue weighted by Crippen LogP contribution is 2.06. The molecule has 1 aromatic carbocycles. The number of aryl methyl sites for hydroxylation is 1. The summed E-state index contributed by atoms with van der Waals surface area (Å²) in [5, 5.41) is 11.5. The third-order valence-corrected chi connectivity index (χ3v) is 2.96. The highest BCUT2D eigenvalue weighted by Gasteiger charge is 2.07. The number of aliphatic hydroxyl groups is 1. The molecule has 0 aliphatic rings. The topological polar surface area (TPSA) is 80.6 Å². The quantitative estimate of drug-likeness (QED) is 0.806. The molecule has 0 saturated heterocycles. The molecule has 0 spiro atoms. The first-order valence-corrected chi connectivity index (χ1v) is 6.98. The van der Waals surface area contributed by atoms with Crippen molar-refractivity contribution in [3.8, 4) is 5.75 Å². The molecule has 1 heterocycles. The van der Waals surface area contributed by atoms with Crippen molar-refractivity contribution in [1.29, 1.82) is 0 Å². The minimum Gasteiger partial charge on any atom is -0.478 e. The van der Waals surface area contributed by atoms with Gasteiger partial charge in [-0.3, -0.25) is 9.59 Å². The molecule has 2 rings (SSSR count). The van der Waals surface area contributed by atoms with Crippen LogP contribution in [0.2, 0.25) is 0 Å². The SMILES string of the molecule is O=C(COc1cccn(CCCO)c1=O)Nc1ccccc1. The monoisotopic (exact) mass is 302 g/mol. The van der Waals surface area contributed by atoms with Crippen LogP contribution in [0.5, 0.6) is 5.75 Å². The van der Waals surface area contributed by atoms with E-state index in [-0.39, 0.29) is 30.4 Å². The molecule has 0 atom stereocenters. The predicted molar refractivity (Wildman–Crippen MR) is 83.0 cm³/mol. The van der Waals surface area contributed by atoms with E-state index in [1.165, 1.54) is 10.6 Å². The number of para-hydroxylation sites is 1. The van der Waals surface area contributed by atoms with Crippen LogP contribution < -0.4 is 15.6 Å². The molecule has 0 saturated carbocycles. The number of rotatable bonds is 7. The summed E-state index contributed by atoms with van der Waals surface area (Å²) >= 11 is 0. The Morgan fingerprint density at radius 1 is 1.18 bits per heavy atom. The maximum atomic E-state index is 12.1. The maximum absolute atomic E-state index is 12.1. The van der Waals surface area contributed by atoms with Gasteiger partial charge in [0.2, 0.25) is 0 Å². The number of pyridine rings is 1. The molecule has 2 aromatic rings. The first kappa shape index (κ1) is 15.8. The fourth-order valence-electron chi connectivity index (χ4n) is 1.90. The number of anilines is 1. The molecule has 2 N–H and O–H groups in total. The van der Waals surface area contributed by atoms with E-state index in [0.717, 1.165) is 0 Å². The fourth-order valence-corrected chi connectivity index (χ4v) is 1.90. The Balaban J connectivity index is 1.94. The van der Waals surface area contributed by atoms with Gasteiger partial charge in [0, 0.05) is 25.0 Å². The molecule has 6 nitrogen and oxygen atoms in total. The van der Waals surface area contributed by atoms with Crippen molar-refractivity contribution in [2.24, 2.45) is 0 Å². The Bertz CT molecular complexity index is 667. The second-order valence-corrected chi connectivity index (χ2v) is 4.65. The molecule has 0 fully saturated rings.